The number of fused-ring (bicyclic) bond motifs is 1. The number of aliphatic imine (C=N–C) groups is 1. The van der Waals surface area contributed by atoms with Crippen molar-refractivity contribution in [3.05, 3.63) is 0 Å². The molecule has 4 saturated carbocycles. The van der Waals surface area contributed by atoms with E-state index in [-0.39, 0.29) is 47.7 Å². The van der Waals surface area contributed by atoms with Crippen molar-refractivity contribution in [2.24, 2.45) is 22.7 Å². The van der Waals surface area contributed by atoms with Crippen LogP contribution in [0.15, 0.2) is 4.99 Å². The smallest absolute Gasteiger partial charge is 0.254 e. The monoisotopic (exact) mass is 620 g/mol. The fourth-order valence-electron chi connectivity index (χ4n) is 9.55. The van der Waals surface area contributed by atoms with E-state index in [4.69, 9.17) is 19.6 Å². The number of carbonyl (C=O) groups excluding carboxylic acids is 1. The van der Waals surface area contributed by atoms with Gasteiger partial charge in [-0.1, -0.05) is 51.4 Å². The first-order valence-corrected chi connectivity index (χ1v) is 19.6. The highest BCUT2D eigenvalue weighted by molar-refractivity contribution is 7.92. The van der Waals surface area contributed by atoms with Gasteiger partial charge >= 0.3 is 0 Å². The Kier molecular flexibility index (Phi) is 10.4. The lowest BCUT2D eigenvalue weighted by atomic mass is 9.66. The van der Waals surface area contributed by atoms with Crippen molar-refractivity contribution >= 4 is 21.6 Å². The maximum Gasteiger partial charge on any atom is 0.254 e. The number of hydrogen-bond acceptors (Lipinski definition) is 7. The molecule has 5 fully saturated rings. The van der Waals surface area contributed by atoms with E-state index in [0.717, 1.165) is 102 Å². The second-order valence-corrected chi connectivity index (χ2v) is 17.1. The number of hydrogen-bond donors (Lipinski definition) is 1. The quantitative estimate of drug-likeness (QED) is 0.319. The number of likely N-dealkylation sites (tertiary alicyclic amines) is 1. The summed E-state index contributed by atoms with van der Waals surface area (Å²) in [5, 5.41) is 8.87. The zero-order valence-corrected chi connectivity index (χ0v) is 27.1. The molecule has 244 valence electrons. The third-order valence-corrected chi connectivity index (χ3v) is 14.2. The molecule has 4 atom stereocenters. The third kappa shape index (κ3) is 6.84. The Morgan fingerprint density at radius 1 is 0.860 bits per heavy atom. The van der Waals surface area contributed by atoms with Crippen molar-refractivity contribution in [3.63, 3.8) is 0 Å². The topological polar surface area (TPSA) is 106 Å². The van der Waals surface area contributed by atoms with Gasteiger partial charge in [-0.25, -0.2) is 13.4 Å². The second-order valence-electron chi connectivity index (χ2n) is 14.7. The molecule has 2 unspecified atom stereocenters. The Balaban J connectivity index is 1.24. The summed E-state index contributed by atoms with van der Waals surface area (Å²) in [5.74, 6) is 1.82. The van der Waals surface area contributed by atoms with Gasteiger partial charge in [0.15, 0.2) is 21.3 Å². The van der Waals surface area contributed by atoms with E-state index >= 15 is 0 Å². The minimum Gasteiger partial charge on any atom is -0.474 e. The Hall–Kier alpha value is -1.19. The SMILES string of the molecule is O=C1N(CCS(=O)(=O)C2CCCCC2)C2CCCCC2C[C@]12N=C(C1CCC(OCCCO)CC1)O[C@@H]2C1CCCCC1. The van der Waals surface area contributed by atoms with Crippen LogP contribution in [0, 0.1) is 17.8 Å². The first-order valence-electron chi connectivity index (χ1n) is 17.9. The predicted octanol–water partition coefficient (Wildman–Crippen LogP) is 5.60. The van der Waals surface area contributed by atoms with E-state index < -0.39 is 15.4 Å². The summed E-state index contributed by atoms with van der Waals surface area (Å²) in [6.45, 7) is 1.06. The Morgan fingerprint density at radius 3 is 2.23 bits per heavy atom. The molecule has 2 aliphatic heterocycles. The molecule has 6 rings (SSSR count). The van der Waals surface area contributed by atoms with Crippen LogP contribution in [0.3, 0.4) is 0 Å². The van der Waals surface area contributed by atoms with Crippen LogP contribution >= 0.6 is 0 Å². The highest BCUT2D eigenvalue weighted by Gasteiger charge is 2.62. The number of ether oxygens (including phenoxy) is 2. The minimum absolute atomic E-state index is 0.0566. The first-order chi connectivity index (χ1) is 20.9. The van der Waals surface area contributed by atoms with E-state index in [1.165, 1.54) is 25.7 Å². The summed E-state index contributed by atoms with van der Waals surface area (Å²) >= 11 is 0. The zero-order valence-electron chi connectivity index (χ0n) is 26.3. The van der Waals surface area contributed by atoms with Crippen molar-refractivity contribution in [2.75, 3.05) is 25.5 Å². The van der Waals surface area contributed by atoms with Gasteiger partial charge in [-0.15, -0.1) is 0 Å². The third-order valence-electron chi connectivity index (χ3n) is 11.9. The molecule has 0 radical (unpaired) electrons. The highest BCUT2D eigenvalue weighted by atomic mass is 32.2. The number of aliphatic hydroxyl groups is 1. The van der Waals surface area contributed by atoms with E-state index in [1.54, 1.807) is 0 Å². The molecule has 2 heterocycles. The van der Waals surface area contributed by atoms with E-state index in [2.05, 4.69) is 0 Å². The lowest BCUT2D eigenvalue weighted by Gasteiger charge is -2.51. The standard InChI is InChI=1S/C34H56N2O6S/c37-21-9-22-41-28-18-16-26(17-19-28)32-35-34(31(42-32)25-10-3-1-4-11-25)24-27-12-7-8-15-30(27)36(33(34)38)20-23-43(39,40)29-13-5-2-6-14-29/h25-31,37H,1-24H2/t26?,27?,28?,30?,31-,34-/m1/s1. The maximum absolute atomic E-state index is 14.9. The van der Waals surface area contributed by atoms with Crippen LogP contribution < -0.4 is 0 Å². The minimum atomic E-state index is -3.24. The molecule has 1 N–H and O–H groups in total. The van der Waals surface area contributed by atoms with Gasteiger partial charge in [-0.3, -0.25) is 4.79 Å². The summed E-state index contributed by atoms with van der Waals surface area (Å²) in [6, 6.07) is 0.131. The number of carbonyl (C=O) groups is 1. The molecule has 4 aliphatic carbocycles. The summed E-state index contributed by atoms with van der Waals surface area (Å²) < 4.78 is 39.9. The largest absolute Gasteiger partial charge is 0.474 e. The van der Waals surface area contributed by atoms with Crippen LogP contribution in [0.2, 0.25) is 0 Å². The Bertz CT molecular complexity index is 1080. The summed E-state index contributed by atoms with van der Waals surface area (Å²) in [4.78, 5) is 22.3. The molecule has 6 aliphatic rings. The normalized spacial score (nSPS) is 36.4. The van der Waals surface area contributed by atoms with Gasteiger partial charge in [0.2, 0.25) is 0 Å². The highest BCUT2D eigenvalue weighted by Crippen LogP contribution is 2.50. The van der Waals surface area contributed by atoms with Gasteiger partial charge in [-0.05, 0) is 88.9 Å². The molecule has 1 spiro atoms. The van der Waals surface area contributed by atoms with Gasteiger partial charge < -0.3 is 19.5 Å². The number of piperidine rings is 1. The molecule has 8 nitrogen and oxygen atoms in total. The van der Waals surface area contributed by atoms with Crippen LogP contribution in [-0.4, -0.2) is 84.8 Å². The number of sulfone groups is 1. The maximum atomic E-state index is 14.9. The van der Waals surface area contributed by atoms with Gasteiger partial charge in [-0.2, -0.15) is 0 Å². The lowest BCUT2D eigenvalue weighted by Crippen LogP contribution is -2.65. The van der Waals surface area contributed by atoms with Gasteiger partial charge in [0.25, 0.3) is 5.91 Å². The van der Waals surface area contributed by atoms with Crippen molar-refractivity contribution in [2.45, 2.75) is 157 Å². The average Bonchev–Trinajstić information content (AvgIpc) is 3.42. The fraction of sp³-hybridized carbons (Fsp3) is 0.941. The number of nitrogens with zero attached hydrogens (tertiary/aromatic N) is 2. The summed E-state index contributed by atoms with van der Waals surface area (Å²) in [7, 11) is -3.24. The fourth-order valence-corrected chi connectivity index (χ4v) is 11.4. The lowest BCUT2D eigenvalue weighted by molar-refractivity contribution is -0.153. The van der Waals surface area contributed by atoms with Crippen molar-refractivity contribution in [1.29, 1.82) is 0 Å². The van der Waals surface area contributed by atoms with Crippen molar-refractivity contribution in [3.8, 4) is 0 Å². The molecule has 1 saturated heterocycles. The van der Waals surface area contributed by atoms with Crippen molar-refractivity contribution < 1.29 is 27.8 Å². The van der Waals surface area contributed by atoms with Crippen LogP contribution in [-0.2, 0) is 24.1 Å². The molecular formula is C34H56N2O6S. The van der Waals surface area contributed by atoms with E-state index in [9.17, 15) is 13.2 Å². The Morgan fingerprint density at radius 2 is 1.51 bits per heavy atom. The predicted molar refractivity (Wildman–Crippen MR) is 168 cm³/mol. The first kappa shape index (κ1) is 31.8. The molecule has 0 aromatic carbocycles. The molecule has 43 heavy (non-hydrogen) atoms. The number of rotatable bonds is 10. The van der Waals surface area contributed by atoms with Crippen LogP contribution in [0.5, 0.6) is 0 Å². The molecular weight excluding hydrogens is 564 g/mol. The van der Waals surface area contributed by atoms with Gasteiger partial charge in [0, 0.05) is 31.7 Å². The summed E-state index contributed by atoms with van der Waals surface area (Å²) in [6.07, 6.45) is 20.0. The molecule has 1 amide bonds. The molecule has 0 bridgehead atoms. The second kappa shape index (κ2) is 14.1. The van der Waals surface area contributed by atoms with Gasteiger partial charge in [0.05, 0.1) is 17.1 Å². The zero-order chi connectivity index (χ0) is 29.9. The average molecular weight is 621 g/mol. The van der Waals surface area contributed by atoms with E-state index in [0.29, 0.717) is 31.4 Å². The van der Waals surface area contributed by atoms with Crippen molar-refractivity contribution in [1.82, 2.24) is 4.90 Å². The van der Waals surface area contributed by atoms with Crippen LogP contribution in [0.1, 0.15) is 128 Å². The number of amides is 1. The van der Waals surface area contributed by atoms with Crippen LogP contribution in [0.25, 0.3) is 0 Å². The van der Waals surface area contributed by atoms with Crippen LogP contribution in [0.4, 0.5) is 0 Å². The summed E-state index contributed by atoms with van der Waals surface area (Å²) in [5.41, 5.74) is -0.904. The van der Waals surface area contributed by atoms with Gasteiger partial charge in [0.1, 0.15) is 6.10 Å². The number of aliphatic hydroxyl groups excluding tert-OH is 1. The molecule has 0 aromatic heterocycles. The molecule has 0 aromatic rings. The Labute approximate surface area is 259 Å². The molecule has 9 heteroatoms. The van der Waals surface area contributed by atoms with E-state index in [1.807, 2.05) is 4.90 Å².